The summed E-state index contributed by atoms with van der Waals surface area (Å²) in [4.78, 5) is 19.4. The number of H-pyrrole nitrogens is 1. The molecule has 0 amide bonds. The third kappa shape index (κ3) is 2.58. The Hall–Kier alpha value is -1.94. The highest BCUT2D eigenvalue weighted by atomic mass is 16.5. The number of fused-ring (bicyclic) bond motifs is 1. The second-order valence-corrected chi connectivity index (χ2v) is 4.91. The maximum Gasteiger partial charge on any atom is 0.256 e. The van der Waals surface area contributed by atoms with Crippen LogP contribution in [0.1, 0.15) is 28.2 Å². The van der Waals surface area contributed by atoms with E-state index in [0.717, 1.165) is 23.5 Å². The molecule has 0 fully saturated rings. The van der Waals surface area contributed by atoms with Crippen LogP contribution in [-0.4, -0.2) is 16.6 Å². The van der Waals surface area contributed by atoms with Gasteiger partial charge in [0.15, 0.2) is 0 Å². The number of nitrogens with zero attached hydrogens (tertiary/aromatic N) is 1. The van der Waals surface area contributed by atoms with Gasteiger partial charge < -0.3 is 9.72 Å². The van der Waals surface area contributed by atoms with Crippen molar-refractivity contribution in [2.24, 2.45) is 0 Å². The van der Waals surface area contributed by atoms with Crippen molar-refractivity contribution in [2.45, 2.75) is 26.4 Å². The lowest BCUT2D eigenvalue weighted by Gasteiger charge is -2.15. The zero-order valence-electron chi connectivity index (χ0n) is 10.9. The van der Waals surface area contributed by atoms with E-state index in [-0.39, 0.29) is 5.56 Å². The first-order chi connectivity index (χ1) is 9.22. The number of nitrogens with one attached hydrogen (secondary N) is 1. The van der Waals surface area contributed by atoms with Crippen molar-refractivity contribution >= 4 is 0 Å². The summed E-state index contributed by atoms with van der Waals surface area (Å²) in [6.45, 7) is 3.08. The maximum atomic E-state index is 12.0. The van der Waals surface area contributed by atoms with Crippen molar-refractivity contribution in [1.82, 2.24) is 9.97 Å². The van der Waals surface area contributed by atoms with E-state index in [0.29, 0.717) is 25.2 Å². The van der Waals surface area contributed by atoms with Crippen LogP contribution in [0.15, 0.2) is 29.1 Å². The van der Waals surface area contributed by atoms with Crippen LogP contribution in [0.5, 0.6) is 0 Å². The van der Waals surface area contributed by atoms with Crippen LogP contribution < -0.4 is 5.56 Å². The molecular weight excluding hydrogens is 240 g/mol. The maximum absolute atomic E-state index is 12.0. The van der Waals surface area contributed by atoms with Crippen LogP contribution in [-0.2, 0) is 24.2 Å². The highest BCUT2D eigenvalue weighted by Crippen LogP contribution is 2.12. The number of hydrogen-bond acceptors (Lipinski definition) is 3. The Balaban J connectivity index is 1.94. The Bertz CT molecular complexity index is 661. The first-order valence-corrected chi connectivity index (χ1v) is 6.46. The van der Waals surface area contributed by atoms with Gasteiger partial charge in [-0.05, 0) is 12.5 Å². The molecule has 98 valence electrons. The van der Waals surface area contributed by atoms with Crippen LogP contribution in [0.25, 0.3) is 0 Å². The Kier molecular flexibility index (Phi) is 3.17. The minimum absolute atomic E-state index is 0.0626. The average molecular weight is 256 g/mol. The van der Waals surface area contributed by atoms with E-state index >= 15 is 0 Å². The first kappa shape index (κ1) is 12.1. The zero-order chi connectivity index (χ0) is 13.2. The summed E-state index contributed by atoms with van der Waals surface area (Å²) in [5, 5.41) is 0. The van der Waals surface area contributed by atoms with Gasteiger partial charge in [0, 0.05) is 12.8 Å². The Labute approximate surface area is 111 Å². The molecule has 1 aromatic heterocycles. The number of benzene rings is 1. The molecular formula is C15H16N2O2. The molecule has 1 N–H and O–H groups in total. The van der Waals surface area contributed by atoms with Crippen molar-refractivity contribution in [2.75, 3.05) is 6.61 Å². The molecule has 2 aromatic rings. The number of aromatic amines is 1. The molecule has 2 heterocycles. The Morgan fingerprint density at radius 3 is 3.16 bits per heavy atom. The van der Waals surface area contributed by atoms with E-state index in [1.165, 1.54) is 5.56 Å². The number of rotatable bonds is 2. The second-order valence-electron chi connectivity index (χ2n) is 4.91. The van der Waals surface area contributed by atoms with Gasteiger partial charge in [-0.15, -0.1) is 0 Å². The van der Waals surface area contributed by atoms with Crippen LogP contribution >= 0.6 is 0 Å². The fraction of sp³-hybridized carbons (Fsp3) is 0.333. The third-order valence-corrected chi connectivity index (χ3v) is 3.33. The van der Waals surface area contributed by atoms with Gasteiger partial charge in [0.25, 0.3) is 5.56 Å². The van der Waals surface area contributed by atoms with E-state index in [4.69, 9.17) is 4.74 Å². The molecule has 0 bridgehead atoms. The predicted octanol–water partition coefficient (Wildman–Crippen LogP) is 1.74. The van der Waals surface area contributed by atoms with Crippen LogP contribution in [0.2, 0.25) is 0 Å². The molecule has 4 heteroatoms. The fourth-order valence-corrected chi connectivity index (χ4v) is 2.39. The highest BCUT2D eigenvalue weighted by Gasteiger charge is 2.15. The molecule has 1 aromatic carbocycles. The standard InChI is InChI=1S/C15H16N2O2/c1-10-3-2-4-11(7-10)8-14-16-13-5-6-19-9-12(13)15(18)17-14/h2-4,7H,5-6,8-9H2,1H3,(H,16,17,18). The molecule has 0 unspecified atom stereocenters. The molecule has 3 rings (SSSR count). The summed E-state index contributed by atoms with van der Waals surface area (Å²) in [5.74, 6) is 0.733. The van der Waals surface area contributed by atoms with Crippen molar-refractivity contribution < 1.29 is 4.74 Å². The summed E-state index contributed by atoms with van der Waals surface area (Å²) in [6, 6.07) is 8.25. The largest absolute Gasteiger partial charge is 0.376 e. The van der Waals surface area contributed by atoms with Crippen molar-refractivity contribution in [3.8, 4) is 0 Å². The Morgan fingerprint density at radius 2 is 2.32 bits per heavy atom. The summed E-state index contributed by atoms with van der Waals surface area (Å²) in [7, 11) is 0. The lowest BCUT2D eigenvalue weighted by Crippen LogP contribution is -2.25. The molecule has 0 saturated carbocycles. The summed E-state index contributed by atoms with van der Waals surface area (Å²) in [5.41, 5.74) is 3.88. The van der Waals surface area contributed by atoms with Crippen LogP contribution in [0.3, 0.4) is 0 Å². The quantitative estimate of drug-likeness (QED) is 0.890. The molecule has 4 nitrogen and oxygen atoms in total. The Morgan fingerprint density at radius 1 is 1.42 bits per heavy atom. The van der Waals surface area contributed by atoms with Crippen LogP contribution in [0.4, 0.5) is 0 Å². The van der Waals surface area contributed by atoms with Gasteiger partial charge in [-0.2, -0.15) is 0 Å². The monoisotopic (exact) mass is 256 g/mol. The topological polar surface area (TPSA) is 55.0 Å². The molecule has 0 saturated heterocycles. The first-order valence-electron chi connectivity index (χ1n) is 6.46. The number of ether oxygens (including phenoxy) is 1. The lowest BCUT2D eigenvalue weighted by atomic mass is 10.1. The SMILES string of the molecule is Cc1cccc(Cc2nc3c(c(=O)[nH]2)COCC3)c1. The molecule has 0 spiro atoms. The van der Waals surface area contributed by atoms with Gasteiger partial charge >= 0.3 is 0 Å². The van der Waals surface area contributed by atoms with Gasteiger partial charge in [0.2, 0.25) is 0 Å². The molecule has 0 aliphatic carbocycles. The van der Waals surface area contributed by atoms with Gasteiger partial charge in [0.1, 0.15) is 5.82 Å². The van der Waals surface area contributed by atoms with E-state index in [1.54, 1.807) is 0 Å². The number of hydrogen-bond donors (Lipinski definition) is 1. The van der Waals surface area contributed by atoms with Gasteiger partial charge in [-0.3, -0.25) is 4.79 Å². The predicted molar refractivity (Wildman–Crippen MR) is 72.2 cm³/mol. The van der Waals surface area contributed by atoms with Gasteiger partial charge in [-0.25, -0.2) is 4.98 Å². The number of aromatic nitrogens is 2. The van der Waals surface area contributed by atoms with Crippen molar-refractivity contribution in [1.29, 1.82) is 0 Å². The summed E-state index contributed by atoms with van der Waals surface area (Å²) in [6.07, 6.45) is 1.38. The number of aryl methyl sites for hydroxylation is 1. The average Bonchev–Trinajstić information content (AvgIpc) is 2.39. The van der Waals surface area contributed by atoms with E-state index in [2.05, 4.69) is 35.1 Å². The third-order valence-electron chi connectivity index (χ3n) is 3.33. The lowest BCUT2D eigenvalue weighted by molar-refractivity contribution is 0.108. The fourth-order valence-electron chi connectivity index (χ4n) is 2.39. The molecule has 1 aliphatic rings. The van der Waals surface area contributed by atoms with Gasteiger partial charge in [0.05, 0.1) is 24.5 Å². The summed E-state index contributed by atoms with van der Waals surface area (Å²) < 4.78 is 5.29. The van der Waals surface area contributed by atoms with Crippen LogP contribution in [0, 0.1) is 6.92 Å². The zero-order valence-corrected chi connectivity index (χ0v) is 10.9. The van der Waals surface area contributed by atoms with Gasteiger partial charge in [-0.1, -0.05) is 29.8 Å². The van der Waals surface area contributed by atoms with Crippen molar-refractivity contribution in [3.63, 3.8) is 0 Å². The second kappa shape index (κ2) is 4.97. The van der Waals surface area contributed by atoms with E-state index < -0.39 is 0 Å². The normalized spacial score (nSPS) is 14.2. The minimum Gasteiger partial charge on any atom is -0.376 e. The van der Waals surface area contributed by atoms with Crippen molar-refractivity contribution in [3.05, 3.63) is 62.8 Å². The van der Waals surface area contributed by atoms with E-state index in [9.17, 15) is 4.79 Å². The molecule has 1 aliphatic heterocycles. The summed E-state index contributed by atoms with van der Waals surface area (Å²) >= 11 is 0. The smallest absolute Gasteiger partial charge is 0.256 e. The molecule has 19 heavy (non-hydrogen) atoms. The minimum atomic E-state index is -0.0626. The van der Waals surface area contributed by atoms with E-state index in [1.807, 2.05) is 6.07 Å². The highest BCUT2D eigenvalue weighted by molar-refractivity contribution is 5.26. The molecule has 0 atom stereocenters. The molecule has 0 radical (unpaired) electrons.